The topological polar surface area (TPSA) is 90.9 Å². The summed E-state index contributed by atoms with van der Waals surface area (Å²) in [7, 11) is 0. The Morgan fingerprint density at radius 1 is 0.625 bits per heavy atom. The maximum Gasteiger partial charge on any atom is 0.333 e. The third kappa shape index (κ3) is 22.1. The second kappa shape index (κ2) is 21.8. The van der Waals surface area contributed by atoms with Crippen LogP contribution in [0.5, 0.6) is 0 Å². The van der Waals surface area contributed by atoms with Crippen LogP contribution in [0.1, 0.15) is 34.1 Å². The fourth-order valence-electron chi connectivity index (χ4n) is 2.00. The standard InChI is InChI=1S/C23H44O9/c1-6-23(4,5)32-20-18-30-16-14-28-12-10-26-8-7-25-9-11-27-13-15-29-17-19-31-22(24)21(2)3/h2,6-20H2,1,3-5H3. The highest BCUT2D eigenvalue weighted by molar-refractivity contribution is 5.86. The van der Waals surface area contributed by atoms with Gasteiger partial charge in [0.05, 0.1) is 91.5 Å². The Labute approximate surface area is 193 Å². The van der Waals surface area contributed by atoms with Crippen LogP contribution in [0.3, 0.4) is 0 Å². The molecule has 32 heavy (non-hydrogen) atoms. The molecule has 0 amide bonds. The van der Waals surface area contributed by atoms with Crippen LogP contribution < -0.4 is 0 Å². The lowest BCUT2D eigenvalue weighted by atomic mass is 10.1. The molecular weight excluding hydrogens is 420 g/mol. The number of rotatable bonds is 24. The molecule has 0 rings (SSSR count). The van der Waals surface area contributed by atoms with Crippen LogP contribution in [-0.2, 0) is 42.7 Å². The van der Waals surface area contributed by atoms with Crippen LogP contribution >= 0.6 is 0 Å². The Kier molecular flexibility index (Phi) is 21.0. The van der Waals surface area contributed by atoms with Gasteiger partial charge in [0, 0.05) is 5.57 Å². The van der Waals surface area contributed by atoms with E-state index in [4.69, 9.17) is 37.9 Å². The molecule has 0 heterocycles. The van der Waals surface area contributed by atoms with E-state index in [0.29, 0.717) is 91.5 Å². The van der Waals surface area contributed by atoms with Crippen LogP contribution in [-0.4, -0.2) is 104 Å². The van der Waals surface area contributed by atoms with Gasteiger partial charge in [0.25, 0.3) is 0 Å². The van der Waals surface area contributed by atoms with Gasteiger partial charge in [-0.05, 0) is 27.2 Å². The second-order valence-corrected chi connectivity index (χ2v) is 7.55. The number of ether oxygens (including phenoxy) is 8. The van der Waals surface area contributed by atoms with Crippen molar-refractivity contribution in [1.29, 1.82) is 0 Å². The molecule has 0 aromatic carbocycles. The first kappa shape index (κ1) is 30.9. The molecule has 0 spiro atoms. The first-order valence-corrected chi connectivity index (χ1v) is 11.3. The van der Waals surface area contributed by atoms with Crippen molar-refractivity contribution in [3.8, 4) is 0 Å². The average Bonchev–Trinajstić information content (AvgIpc) is 2.76. The molecule has 0 aliphatic carbocycles. The Morgan fingerprint density at radius 2 is 0.938 bits per heavy atom. The zero-order valence-electron chi connectivity index (χ0n) is 20.5. The monoisotopic (exact) mass is 464 g/mol. The maximum atomic E-state index is 11.1. The predicted molar refractivity (Wildman–Crippen MR) is 121 cm³/mol. The summed E-state index contributed by atoms with van der Waals surface area (Å²) in [5.74, 6) is -0.406. The molecule has 0 atom stereocenters. The normalized spacial score (nSPS) is 11.6. The molecule has 0 fully saturated rings. The van der Waals surface area contributed by atoms with Crippen LogP contribution in [0.2, 0.25) is 0 Å². The maximum absolute atomic E-state index is 11.1. The van der Waals surface area contributed by atoms with Gasteiger partial charge in [-0.25, -0.2) is 4.79 Å². The van der Waals surface area contributed by atoms with Crippen molar-refractivity contribution in [2.45, 2.75) is 39.7 Å². The van der Waals surface area contributed by atoms with Crippen molar-refractivity contribution >= 4 is 5.97 Å². The van der Waals surface area contributed by atoms with E-state index in [1.54, 1.807) is 6.92 Å². The number of hydrogen-bond donors (Lipinski definition) is 0. The van der Waals surface area contributed by atoms with Crippen LogP contribution in [0, 0.1) is 0 Å². The van der Waals surface area contributed by atoms with Crippen molar-refractivity contribution in [1.82, 2.24) is 0 Å². The van der Waals surface area contributed by atoms with Gasteiger partial charge in [-0.3, -0.25) is 0 Å². The lowest BCUT2D eigenvalue weighted by Gasteiger charge is -2.23. The highest BCUT2D eigenvalue weighted by Gasteiger charge is 2.14. The van der Waals surface area contributed by atoms with Gasteiger partial charge in [-0.1, -0.05) is 13.5 Å². The molecule has 0 aromatic heterocycles. The first-order chi connectivity index (χ1) is 15.4. The number of hydrogen-bond acceptors (Lipinski definition) is 9. The molecule has 190 valence electrons. The van der Waals surface area contributed by atoms with Gasteiger partial charge in [-0.15, -0.1) is 0 Å². The number of esters is 1. The summed E-state index contributed by atoms with van der Waals surface area (Å²) < 4.78 is 43.0. The molecule has 0 radical (unpaired) electrons. The van der Waals surface area contributed by atoms with Crippen molar-refractivity contribution < 1.29 is 42.7 Å². The summed E-state index contributed by atoms with van der Waals surface area (Å²) in [6.07, 6.45) is 0.976. The molecule has 9 heteroatoms. The molecule has 0 bridgehead atoms. The SMILES string of the molecule is C=C(C)C(=O)OCCOCCOCCOCCOCCOCCOCCOC(C)(C)CC. The summed E-state index contributed by atoms with van der Waals surface area (Å²) in [4.78, 5) is 11.1. The van der Waals surface area contributed by atoms with Crippen LogP contribution in [0.25, 0.3) is 0 Å². The molecule has 0 aliphatic rings. The minimum Gasteiger partial charge on any atom is -0.460 e. The quantitative estimate of drug-likeness (QED) is 0.121. The van der Waals surface area contributed by atoms with Crippen molar-refractivity contribution in [2.75, 3.05) is 92.5 Å². The van der Waals surface area contributed by atoms with E-state index in [0.717, 1.165) is 6.42 Å². The van der Waals surface area contributed by atoms with Gasteiger partial charge in [0.2, 0.25) is 0 Å². The third-order valence-electron chi connectivity index (χ3n) is 4.24. The number of carbonyl (C=O) groups is 1. The van der Waals surface area contributed by atoms with Gasteiger partial charge < -0.3 is 37.9 Å². The fourth-order valence-corrected chi connectivity index (χ4v) is 2.00. The molecule has 0 unspecified atom stereocenters. The molecule has 0 saturated heterocycles. The highest BCUT2D eigenvalue weighted by Crippen LogP contribution is 2.12. The molecular formula is C23H44O9. The zero-order valence-corrected chi connectivity index (χ0v) is 20.5. The van der Waals surface area contributed by atoms with E-state index >= 15 is 0 Å². The predicted octanol–water partition coefficient (Wildman–Crippen LogP) is 2.41. The Balaban J connectivity index is 3.12. The lowest BCUT2D eigenvalue weighted by molar-refractivity contribution is -0.140. The minimum absolute atomic E-state index is 0.0894. The highest BCUT2D eigenvalue weighted by atomic mass is 16.6. The molecule has 0 aliphatic heterocycles. The second-order valence-electron chi connectivity index (χ2n) is 7.55. The largest absolute Gasteiger partial charge is 0.460 e. The zero-order chi connectivity index (χ0) is 23.9. The van der Waals surface area contributed by atoms with Gasteiger partial charge in [0.1, 0.15) is 6.61 Å². The van der Waals surface area contributed by atoms with Crippen LogP contribution in [0.4, 0.5) is 0 Å². The molecule has 0 N–H and O–H groups in total. The summed E-state index contributed by atoms with van der Waals surface area (Å²) in [6, 6.07) is 0. The van der Waals surface area contributed by atoms with Crippen molar-refractivity contribution in [3.63, 3.8) is 0 Å². The van der Waals surface area contributed by atoms with E-state index in [2.05, 4.69) is 27.4 Å². The molecule has 9 nitrogen and oxygen atoms in total. The van der Waals surface area contributed by atoms with E-state index in [-0.39, 0.29) is 12.2 Å². The summed E-state index contributed by atoms with van der Waals surface area (Å²) in [6.45, 7) is 18.1. The molecule has 0 saturated carbocycles. The van der Waals surface area contributed by atoms with E-state index in [9.17, 15) is 4.79 Å². The average molecular weight is 465 g/mol. The summed E-state index contributed by atoms with van der Waals surface area (Å²) in [5, 5.41) is 0. The van der Waals surface area contributed by atoms with E-state index < -0.39 is 5.97 Å². The Morgan fingerprint density at radius 3 is 1.25 bits per heavy atom. The van der Waals surface area contributed by atoms with Crippen LogP contribution in [0.15, 0.2) is 12.2 Å². The van der Waals surface area contributed by atoms with E-state index in [1.165, 1.54) is 0 Å². The van der Waals surface area contributed by atoms with Gasteiger partial charge >= 0.3 is 5.97 Å². The smallest absolute Gasteiger partial charge is 0.333 e. The first-order valence-electron chi connectivity index (χ1n) is 11.3. The molecule has 0 aromatic rings. The Bertz CT molecular complexity index is 455. The van der Waals surface area contributed by atoms with Gasteiger partial charge in [0.15, 0.2) is 0 Å². The third-order valence-corrected chi connectivity index (χ3v) is 4.24. The Hall–Kier alpha value is -1.07. The summed E-state index contributed by atoms with van der Waals surface area (Å²) >= 11 is 0. The van der Waals surface area contributed by atoms with Crippen molar-refractivity contribution in [3.05, 3.63) is 12.2 Å². The minimum atomic E-state index is -0.406. The van der Waals surface area contributed by atoms with Gasteiger partial charge in [-0.2, -0.15) is 0 Å². The van der Waals surface area contributed by atoms with E-state index in [1.807, 2.05) is 0 Å². The number of carbonyl (C=O) groups excluding carboxylic acids is 1. The van der Waals surface area contributed by atoms with Crippen molar-refractivity contribution in [2.24, 2.45) is 0 Å². The summed E-state index contributed by atoms with van der Waals surface area (Å²) in [5.41, 5.74) is 0.287. The lowest BCUT2D eigenvalue weighted by Crippen LogP contribution is -2.25. The fraction of sp³-hybridized carbons (Fsp3) is 0.870.